The molecule has 0 heterocycles. The van der Waals surface area contributed by atoms with E-state index in [9.17, 15) is 4.39 Å². The lowest BCUT2D eigenvalue weighted by molar-refractivity contribution is 0.527. The molecule has 0 fully saturated rings. The predicted molar refractivity (Wildman–Crippen MR) is 93.4 cm³/mol. The molecule has 0 aromatic heterocycles. The van der Waals surface area contributed by atoms with Crippen molar-refractivity contribution in [1.82, 2.24) is 5.32 Å². The number of nitrogens with one attached hydrogen (secondary N) is 1. The van der Waals surface area contributed by atoms with Crippen molar-refractivity contribution in [3.05, 3.63) is 67.3 Å². The Labute approximate surface area is 146 Å². The summed E-state index contributed by atoms with van der Waals surface area (Å²) in [6.45, 7) is 2.84. The molecule has 0 bridgehead atoms. The molecule has 2 rings (SSSR count). The van der Waals surface area contributed by atoms with Crippen LogP contribution in [0.15, 0.2) is 45.3 Å². The molecule has 0 aliphatic heterocycles. The van der Waals surface area contributed by atoms with E-state index in [0.717, 1.165) is 21.1 Å². The van der Waals surface area contributed by atoms with Crippen molar-refractivity contribution in [2.24, 2.45) is 0 Å². The molecule has 1 unspecified atom stereocenters. The molecule has 0 amide bonds. The van der Waals surface area contributed by atoms with E-state index in [1.165, 1.54) is 6.07 Å². The first-order chi connectivity index (χ1) is 10.0. The summed E-state index contributed by atoms with van der Waals surface area (Å²) in [5, 5.41) is 4.04. The summed E-state index contributed by atoms with van der Waals surface area (Å²) in [5.41, 5.74) is 1.73. The van der Waals surface area contributed by atoms with Crippen LogP contribution in [0.3, 0.4) is 0 Å². The van der Waals surface area contributed by atoms with Crippen molar-refractivity contribution in [2.45, 2.75) is 19.4 Å². The topological polar surface area (TPSA) is 12.0 Å². The fourth-order valence-corrected chi connectivity index (χ4v) is 2.96. The molecule has 1 N–H and O–H groups in total. The maximum Gasteiger partial charge on any atom is 0.127 e. The molecule has 5 heteroatoms. The second-order valence-electron chi connectivity index (χ2n) is 4.72. The van der Waals surface area contributed by atoms with Crippen LogP contribution >= 0.6 is 43.5 Å². The Morgan fingerprint density at radius 3 is 2.57 bits per heavy atom. The van der Waals surface area contributed by atoms with Gasteiger partial charge in [0.2, 0.25) is 0 Å². The zero-order chi connectivity index (χ0) is 15.4. The first-order valence-electron chi connectivity index (χ1n) is 6.63. The number of likely N-dealkylation sites (N-methyl/N-ethyl adjacent to an activating group) is 1. The first kappa shape index (κ1) is 16.9. The smallest absolute Gasteiger partial charge is 0.127 e. The highest BCUT2D eigenvalue weighted by Gasteiger charge is 2.15. The molecule has 1 nitrogen and oxygen atoms in total. The molecule has 112 valence electrons. The van der Waals surface area contributed by atoms with Gasteiger partial charge in [0.05, 0.1) is 5.02 Å². The second kappa shape index (κ2) is 7.73. The zero-order valence-corrected chi connectivity index (χ0v) is 15.4. The zero-order valence-electron chi connectivity index (χ0n) is 11.5. The molecular formula is C16H15Br2ClFN. The van der Waals surface area contributed by atoms with Gasteiger partial charge in [0.1, 0.15) is 5.82 Å². The minimum absolute atomic E-state index is 0.0243. The number of hydrogen-bond acceptors (Lipinski definition) is 1. The average molecular weight is 436 g/mol. The highest BCUT2D eigenvalue weighted by Crippen LogP contribution is 2.28. The van der Waals surface area contributed by atoms with Gasteiger partial charge >= 0.3 is 0 Å². The van der Waals surface area contributed by atoms with Crippen molar-refractivity contribution in [1.29, 1.82) is 0 Å². The van der Waals surface area contributed by atoms with Gasteiger partial charge in [-0.3, -0.25) is 0 Å². The molecule has 2 aromatic carbocycles. The van der Waals surface area contributed by atoms with Crippen molar-refractivity contribution in [2.75, 3.05) is 6.54 Å². The molecular weight excluding hydrogens is 420 g/mol. The Morgan fingerprint density at radius 2 is 1.95 bits per heavy atom. The van der Waals surface area contributed by atoms with Gasteiger partial charge in [-0.1, -0.05) is 46.6 Å². The number of rotatable bonds is 5. The van der Waals surface area contributed by atoms with Crippen LogP contribution in [0.25, 0.3) is 0 Å². The first-order valence-corrected chi connectivity index (χ1v) is 8.60. The number of halogens is 4. The number of hydrogen-bond donors (Lipinski definition) is 1. The van der Waals surface area contributed by atoms with Crippen LogP contribution in [-0.2, 0) is 6.42 Å². The fourth-order valence-electron chi connectivity index (χ4n) is 2.19. The van der Waals surface area contributed by atoms with Gasteiger partial charge < -0.3 is 5.32 Å². The molecule has 2 aromatic rings. The Bertz CT molecular complexity index is 634. The van der Waals surface area contributed by atoms with Crippen LogP contribution in [0.4, 0.5) is 4.39 Å². The highest BCUT2D eigenvalue weighted by atomic mass is 79.9. The largest absolute Gasteiger partial charge is 0.310 e. The lowest BCUT2D eigenvalue weighted by atomic mass is 9.98. The van der Waals surface area contributed by atoms with Gasteiger partial charge in [0.25, 0.3) is 0 Å². The van der Waals surface area contributed by atoms with E-state index < -0.39 is 0 Å². The van der Waals surface area contributed by atoms with E-state index in [4.69, 9.17) is 11.6 Å². The molecule has 1 atom stereocenters. The van der Waals surface area contributed by atoms with E-state index in [1.54, 1.807) is 0 Å². The standard InChI is InChI=1S/C16H15Br2ClFN/c1-2-21-16(11-4-6-13(18)14(19)7-11)8-10-3-5-12(17)9-15(10)20/h3-7,9,16,21H,2,8H2,1H3. The van der Waals surface area contributed by atoms with E-state index in [0.29, 0.717) is 17.0 Å². The second-order valence-corrected chi connectivity index (χ2v) is 6.90. The van der Waals surface area contributed by atoms with Crippen molar-refractivity contribution < 1.29 is 4.39 Å². The summed E-state index contributed by atoms with van der Waals surface area (Å²) in [5.74, 6) is -0.199. The van der Waals surface area contributed by atoms with Gasteiger partial charge in [0, 0.05) is 15.0 Å². The molecule has 0 radical (unpaired) electrons. The van der Waals surface area contributed by atoms with Crippen LogP contribution in [0.2, 0.25) is 5.02 Å². The molecule has 0 spiro atoms. The van der Waals surface area contributed by atoms with E-state index in [-0.39, 0.29) is 11.9 Å². The number of benzene rings is 2. The third-order valence-corrected chi connectivity index (χ3v) is 4.96. The predicted octanol–water partition coefficient (Wildman–Crippen LogP) is 5.90. The minimum atomic E-state index is -0.199. The normalized spacial score (nSPS) is 12.4. The maximum atomic E-state index is 14.0. The average Bonchev–Trinajstić information content (AvgIpc) is 2.44. The molecule has 0 aliphatic rings. The Hall–Kier alpha value is -0.420. The molecule has 0 saturated heterocycles. The summed E-state index contributed by atoms with van der Waals surface area (Å²) in [6, 6.07) is 11.0. The van der Waals surface area contributed by atoms with Crippen LogP contribution in [0.1, 0.15) is 24.1 Å². The molecule has 0 aliphatic carbocycles. The molecule has 21 heavy (non-hydrogen) atoms. The van der Waals surface area contributed by atoms with Crippen LogP contribution in [-0.4, -0.2) is 6.54 Å². The van der Waals surface area contributed by atoms with Gasteiger partial charge in [-0.25, -0.2) is 4.39 Å². The van der Waals surface area contributed by atoms with Crippen LogP contribution < -0.4 is 5.32 Å². The third-order valence-electron chi connectivity index (χ3n) is 3.24. The van der Waals surface area contributed by atoms with Crippen molar-refractivity contribution >= 4 is 43.5 Å². The summed E-state index contributed by atoms with van der Waals surface area (Å²) in [7, 11) is 0. The van der Waals surface area contributed by atoms with Crippen LogP contribution in [0, 0.1) is 5.82 Å². The quantitative estimate of drug-likeness (QED) is 0.617. The van der Waals surface area contributed by atoms with Crippen molar-refractivity contribution in [3.8, 4) is 0 Å². The third kappa shape index (κ3) is 4.52. The van der Waals surface area contributed by atoms with E-state index in [2.05, 4.69) is 37.2 Å². The van der Waals surface area contributed by atoms with Crippen LogP contribution in [0.5, 0.6) is 0 Å². The Balaban J connectivity index is 2.28. The summed E-state index contributed by atoms with van der Waals surface area (Å²) in [4.78, 5) is 0. The van der Waals surface area contributed by atoms with Crippen molar-refractivity contribution in [3.63, 3.8) is 0 Å². The lowest BCUT2D eigenvalue weighted by Crippen LogP contribution is -2.23. The minimum Gasteiger partial charge on any atom is -0.310 e. The summed E-state index contributed by atoms with van der Waals surface area (Å²) < 4.78 is 15.6. The summed E-state index contributed by atoms with van der Waals surface area (Å²) in [6.07, 6.45) is 0.574. The fraction of sp³-hybridized carbons (Fsp3) is 0.250. The van der Waals surface area contributed by atoms with Gasteiger partial charge in [-0.05, 0) is 64.3 Å². The van der Waals surface area contributed by atoms with Gasteiger partial charge in [0.15, 0.2) is 0 Å². The van der Waals surface area contributed by atoms with Gasteiger partial charge in [-0.15, -0.1) is 0 Å². The SMILES string of the molecule is CCNC(Cc1ccc(Br)cc1F)c1ccc(Br)c(Cl)c1. The monoisotopic (exact) mass is 433 g/mol. The Morgan fingerprint density at radius 1 is 1.19 bits per heavy atom. The van der Waals surface area contributed by atoms with E-state index in [1.807, 2.05) is 37.3 Å². The van der Waals surface area contributed by atoms with Gasteiger partial charge in [-0.2, -0.15) is 0 Å². The maximum absolute atomic E-state index is 14.0. The summed E-state index contributed by atoms with van der Waals surface area (Å²) >= 11 is 12.8. The Kier molecular flexibility index (Phi) is 6.23. The van der Waals surface area contributed by atoms with E-state index >= 15 is 0 Å². The lowest BCUT2D eigenvalue weighted by Gasteiger charge is -2.19. The molecule has 0 saturated carbocycles. The highest BCUT2D eigenvalue weighted by molar-refractivity contribution is 9.10.